The van der Waals surface area contributed by atoms with Gasteiger partial charge in [0.25, 0.3) is 5.78 Å². The average molecular weight is 192 g/mol. The maximum Gasteiger partial charge on any atom is 0.263 e. The molecule has 2 aromatic rings. The number of aliphatic hydroxyl groups excluding tert-OH is 1. The van der Waals surface area contributed by atoms with E-state index in [1.54, 1.807) is 18.2 Å². The van der Waals surface area contributed by atoms with Crippen LogP contribution in [0.2, 0.25) is 0 Å². The van der Waals surface area contributed by atoms with Gasteiger partial charge >= 0.3 is 0 Å². The highest BCUT2D eigenvalue weighted by atomic mass is 16.4. The van der Waals surface area contributed by atoms with Gasteiger partial charge in [-0.15, -0.1) is 0 Å². The Kier molecular flexibility index (Phi) is 2.20. The van der Waals surface area contributed by atoms with E-state index in [0.717, 1.165) is 0 Å². The minimum atomic E-state index is -0.324. The number of hydrogen-bond donors (Lipinski definition) is 1. The molecule has 0 fully saturated rings. The maximum absolute atomic E-state index is 11.6. The Morgan fingerprint density at radius 2 is 2.14 bits per heavy atom. The van der Waals surface area contributed by atoms with E-state index in [4.69, 9.17) is 13.9 Å². The Hall–Kier alpha value is -1.81. The SMILES string of the molecule is O=C(c1ccco1)c1ccc(CO)o1. The molecule has 0 aromatic carbocycles. The van der Waals surface area contributed by atoms with E-state index in [1.165, 1.54) is 12.3 Å². The first-order chi connectivity index (χ1) is 6.81. The Bertz CT molecular complexity index is 425. The van der Waals surface area contributed by atoms with Gasteiger partial charge in [-0.05, 0) is 24.3 Å². The third-order valence-corrected chi connectivity index (χ3v) is 1.79. The van der Waals surface area contributed by atoms with Crippen LogP contribution in [0, 0.1) is 0 Å². The van der Waals surface area contributed by atoms with Gasteiger partial charge < -0.3 is 13.9 Å². The number of rotatable bonds is 3. The third-order valence-electron chi connectivity index (χ3n) is 1.79. The van der Waals surface area contributed by atoms with E-state index >= 15 is 0 Å². The second-order valence-corrected chi connectivity index (χ2v) is 2.73. The van der Waals surface area contributed by atoms with Gasteiger partial charge in [-0.2, -0.15) is 0 Å². The summed E-state index contributed by atoms with van der Waals surface area (Å²) in [6.45, 7) is -0.217. The van der Waals surface area contributed by atoms with Crippen molar-refractivity contribution in [1.82, 2.24) is 0 Å². The van der Waals surface area contributed by atoms with Crippen LogP contribution in [-0.2, 0) is 6.61 Å². The fraction of sp³-hybridized carbons (Fsp3) is 0.100. The zero-order chi connectivity index (χ0) is 9.97. The normalized spacial score (nSPS) is 10.4. The van der Waals surface area contributed by atoms with Gasteiger partial charge in [-0.3, -0.25) is 4.79 Å². The number of aliphatic hydroxyl groups is 1. The molecule has 0 aliphatic rings. The van der Waals surface area contributed by atoms with Crippen LogP contribution in [0.15, 0.2) is 39.4 Å². The number of ketones is 1. The Morgan fingerprint density at radius 1 is 1.29 bits per heavy atom. The lowest BCUT2D eigenvalue weighted by Crippen LogP contribution is -1.96. The van der Waals surface area contributed by atoms with Crippen LogP contribution < -0.4 is 0 Å². The molecule has 0 atom stereocenters. The summed E-state index contributed by atoms with van der Waals surface area (Å²) in [6, 6.07) is 6.25. The summed E-state index contributed by atoms with van der Waals surface area (Å²) in [6.07, 6.45) is 1.42. The minimum absolute atomic E-state index is 0.170. The molecule has 0 unspecified atom stereocenters. The highest BCUT2D eigenvalue weighted by molar-refractivity contribution is 6.05. The average Bonchev–Trinajstić information content (AvgIpc) is 2.88. The van der Waals surface area contributed by atoms with E-state index in [2.05, 4.69) is 0 Å². The van der Waals surface area contributed by atoms with Crippen molar-refractivity contribution in [3.05, 3.63) is 47.8 Å². The van der Waals surface area contributed by atoms with Gasteiger partial charge in [0, 0.05) is 0 Å². The molecule has 14 heavy (non-hydrogen) atoms. The van der Waals surface area contributed by atoms with E-state index in [-0.39, 0.29) is 23.9 Å². The number of hydrogen-bond acceptors (Lipinski definition) is 4. The molecule has 0 saturated heterocycles. The van der Waals surface area contributed by atoms with Crippen LogP contribution in [-0.4, -0.2) is 10.9 Å². The van der Waals surface area contributed by atoms with Gasteiger partial charge in [-0.25, -0.2) is 0 Å². The predicted octanol–water partition coefficient (Wildman–Crippen LogP) is 1.60. The number of furan rings is 2. The van der Waals surface area contributed by atoms with E-state index in [1.807, 2.05) is 0 Å². The monoisotopic (exact) mass is 192 g/mol. The van der Waals surface area contributed by atoms with Gasteiger partial charge in [-0.1, -0.05) is 0 Å². The lowest BCUT2D eigenvalue weighted by atomic mass is 10.2. The van der Waals surface area contributed by atoms with Gasteiger partial charge in [0.05, 0.1) is 6.26 Å². The van der Waals surface area contributed by atoms with E-state index in [0.29, 0.717) is 5.76 Å². The molecule has 4 heteroatoms. The number of carbonyl (C=O) groups is 1. The van der Waals surface area contributed by atoms with Crippen molar-refractivity contribution in [2.45, 2.75) is 6.61 Å². The fourth-order valence-corrected chi connectivity index (χ4v) is 1.11. The predicted molar refractivity (Wildman–Crippen MR) is 46.8 cm³/mol. The minimum Gasteiger partial charge on any atom is -0.461 e. The summed E-state index contributed by atoms with van der Waals surface area (Å²) in [5, 5.41) is 8.73. The third kappa shape index (κ3) is 1.47. The van der Waals surface area contributed by atoms with Crippen molar-refractivity contribution in [2.24, 2.45) is 0 Å². The second kappa shape index (κ2) is 3.51. The van der Waals surface area contributed by atoms with Crippen LogP contribution in [0.25, 0.3) is 0 Å². The van der Waals surface area contributed by atoms with Crippen molar-refractivity contribution in [2.75, 3.05) is 0 Å². The topological polar surface area (TPSA) is 63.6 Å². The lowest BCUT2D eigenvalue weighted by molar-refractivity contribution is 0.0978. The molecule has 2 rings (SSSR count). The van der Waals surface area contributed by atoms with Crippen LogP contribution in [0.1, 0.15) is 22.1 Å². The summed E-state index contributed by atoms with van der Waals surface area (Å²) < 4.78 is 9.98. The highest BCUT2D eigenvalue weighted by Crippen LogP contribution is 2.13. The van der Waals surface area contributed by atoms with Crippen molar-refractivity contribution in [1.29, 1.82) is 0 Å². The zero-order valence-corrected chi connectivity index (χ0v) is 7.27. The molecule has 0 aliphatic carbocycles. The first-order valence-electron chi connectivity index (χ1n) is 4.09. The van der Waals surface area contributed by atoms with Crippen LogP contribution in [0.5, 0.6) is 0 Å². The molecule has 4 nitrogen and oxygen atoms in total. The van der Waals surface area contributed by atoms with Crippen LogP contribution >= 0.6 is 0 Å². The highest BCUT2D eigenvalue weighted by Gasteiger charge is 2.15. The summed E-state index contributed by atoms with van der Waals surface area (Å²) in [4.78, 5) is 11.6. The first-order valence-corrected chi connectivity index (χ1v) is 4.09. The Balaban J connectivity index is 2.28. The zero-order valence-electron chi connectivity index (χ0n) is 7.27. The molecule has 2 heterocycles. The van der Waals surface area contributed by atoms with E-state index < -0.39 is 0 Å². The smallest absolute Gasteiger partial charge is 0.263 e. The van der Waals surface area contributed by atoms with Gasteiger partial charge in [0.1, 0.15) is 12.4 Å². The molecule has 0 amide bonds. The largest absolute Gasteiger partial charge is 0.461 e. The van der Waals surface area contributed by atoms with E-state index in [9.17, 15) is 4.79 Å². The molecule has 0 aliphatic heterocycles. The van der Waals surface area contributed by atoms with Crippen LogP contribution in [0.4, 0.5) is 0 Å². The standard InChI is InChI=1S/C10H8O4/c11-6-7-3-4-9(14-7)10(12)8-2-1-5-13-8/h1-5,11H,6H2. The van der Waals surface area contributed by atoms with Crippen LogP contribution in [0.3, 0.4) is 0 Å². The summed E-state index contributed by atoms with van der Waals surface area (Å²) in [7, 11) is 0. The second-order valence-electron chi connectivity index (χ2n) is 2.73. The molecule has 0 saturated carbocycles. The molecule has 0 radical (unpaired) electrons. The van der Waals surface area contributed by atoms with Gasteiger partial charge in [0.2, 0.25) is 0 Å². The number of carbonyl (C=O) groups excluding carboxylic acids is 1. The van der Waals surface area contributed by atoms with Crippen molar-refractivity contribution >= 4 is 5.78 Å². The van der Waals surface area contributed by atoms with Crippen molar-refractivity contribution in [3.63, 3.8) is 0 Å². The van der Waals surface area contributed by atoms with Crippen molar-refractivity contribution < 1.29 is 18.7 Å². The maximum atomic E-state index is 11.6. The fourth-order valence-electron chi connectivity index (χ4n) is 1.11. The summed E-state index contributed by atoms with van der Waals surface area (Å²) >= 11 is 0. The van der Waals surface area contributed by atoms with Crippen molar-refractivity contribution in [3.8, 4) is 0 Å². The van der Waals surface area contributed by atoms with Gasteiger partial charge in [0.15, 0.2) is 11.5 Å². The quantitative estimate of drug-likeness (QED) is 0.750. The molecular formula is C10H8O4. The molecular weight excluding hydrogens is 184 g/mol. The molecule has 72 valence electrons. The molecule has 2 aromatic heterocycles. The first kappa shape index (κ1) is 8.77. The molecule has 0 bridgehead atoms. The summed E-state index contributed by atoms with van der Waals surface area (Å²) in [5.74, 6) is 0.433. The molecule has 1 N–H and O–H groups in total. The lowest BCUT2D eigenvalue weighted by Gasteiger charge is -1.91. The molecule has 0 spiro atoms. The Labute approximate surface area is 79.8 Å². The Morgan fingerprint density at radius 3 is 2.71 bits per heavy atom. The summed E-state index contributed by atoms with van der Waals surface area (Å²) in [5.41, 5.74) is 0.